The Morgan fingerprint density at radius 2 is 1.74 bits per heavy atom. The zero-order valence-corrected chi connectivity index (χ0v) is 12.4. The molecule has 19 heavy (non-hydrogen) atoms. The fourth-order valence-corrected chi connectivity index (χ4v) is 1.82. The number of hydrogen-bond donors (Lipinski definition) is 2. The molecule has 1 unspecified atom stereocenters. The van der Waals surface area contributed by atoms with Gasteiger partial charge in [0.25, 0.3) is 0 Å². The van der Waals surface area contributed by atoms with Gasteiger partial charge in [-0.3, -0.25) is 4.79 Å². The van der Waals surface area contributed by atoms with Crippen LogP contribution in [0.1, 0.15) is 44.7 Å². The summed E-state index contributed by atoms with van der Waals surface area (Å²) < 4.78 is 0. The minimum Gasteiger partial charge on any atom is -0.354 e. The monoisotopic (exact) mass is 262 g/mol. The van der Waals surface area contributed by atoms with Crippen molar-refractivity contribution < 1.29 is 4.79 Å². The van der Waals surface area contributed by atoms with Crippen molar-refractivity contribution in [1.82, 2.24) is 5.32 Å². The molecule has 0 aliphatic carbocycles. The van der Waals surface area contributed by atoms with Crippen molar-refractivity contribution in [3.05, 3.63) is 35.4 Å². The number of amides is 1. The summed E-state index contributed by atoms with van der Waals surface area (Å²) in [6.07, 6.45) is 0.842. The Morgan fingerprint density at radius 3 is 2.21 bits per heavy atom. The molecular formula is C16H26N2O. The first-order valence-corrected chi connectivity index (χ1v) is 7.04. The molecule has 106 valence electrons. The van der Waals surface area contributed by atoms with Gasteiger partial charge in [-0.15, -0.1) is 0 Å². The lowest BCUT2D eigenvalue weighted by Crippen LogP contribution is -2.44. The quantitative estimate of drug-likeness (QED) is 0.827. The van der Waals surface area contributed by atoms with Crippen LogP contribution in [-0.4, -0.2) is 18.5 Å². The third-order valence-corrected chi connectivity index (χ3v) is 3.38. The van der Waals surface area contributed by atoms with Crippen molar-refractivity contribution in [3.63, 3.8) is 0 Å². The Labute approximate surface area is 116 Å². The Hall–Kier alpha value is -1.35. The zero-order chi connectivity index (χ0) is 14.4. The molecule has 1 amide bonds. The van der Waals surface area contributed by atoms with E-state index in [1.54, 1.807) is 0 Å². The largest absolute Gasteiger partial charge is 0.354 e. The van der Waals surface area contributed by atoms with Crippen LogP contribution >= 0.6 is 0 Å². The van der Waals surface area contributed by atoms with Crippen LogP contribution in [0.2, 0.25) is 0 Å². The summed E-state index contributed by atoms with van der Waals surface area (Å²) >= 11 is 0. The molecule has 0 saturated heterocycles. The second-order valence-electron chi connectivity index (χ2n) is 5.71. The summed E-state index contributed by atoms with van der Waals surface area (Å²) in [7, 11) is 0. The number of carbonyl (C=O) groups is 1. The first-order chi connectivity index (χ1) is 8.91. The molecule has 0 saturated carbocycles. The number of carbonyl (C=O) groups excluding carboxylic acids is 1. The number of hydrogen-bond acceptors (Lipinski definition) is 2. The molecule has 0 heterocycles. The summed E-state index contributed by atoms with van der Waals surface area (Å²) in [6, 6.07) is 8.15. The van der Waals surface area contributed by atoms with Crippen molar-refractivity contribution in [3.8, 4) is 0 Å². The van der Waals surface area contributed by atoms with Crippen molar-refractivity contribution in [1.29, 1.82) is 0 Å². The molecule has 0 aliphatic heterocycles. The van der Waals surface area contributed by atoms with E-state index >= 15 is 0 Å². The number of rotatable bonds is 6. The van der Waals surface area contributed by atoms with Gasteiger partial charge in [-0.25, -0.2) is 0 Å². The second kappa shape index (κ2) is 7.29. The van der Waals surface area contributed by atoms with Crippen LogP contribution in [0.4, 0.5) is 0 Å². The predicted octanol–water partition coefficient (Wildman–Crippen LogP) is 2.45. The van der Waals surface area contributed by atoms with E-state index in [4.69, 9.17) is 5.73 Å². The lowest BCUT2D eigenvalue weighted by molar-refractivity contribution is -0.123. The fourth-order valence-electron chi connectivity index (χ4n) is 1.82. The first-order valence-electron chi connectivity index (χ1n) is 7.04. The Balaban J connectivity index is 2.39. The third kappa shape index (κ3) is 5.03. The summed E-state index contributed by atoms with van der Waals surface area (Å²) in [4.78, 5) is 11.7. The van der Waals surface area contributed by atoms with Gasteiger partial charge < -0.3 is 11.1 Å². The molecule has 3 nitrogen and oxygen atoms in total. The van der Waals surface area contributed by atoms with Crippen molar-refractivity contribution in [2.75, 3.05) is 6.54 Å². The average molecular weight is 262 g/mol. The highest BCUT2D eigenvalue weighted by atomic mass is 16.2. The standard InChI is InChI=1S/C16H26N2O/c1-11(2)14-7-5-13(6-8-14)9-10-18-16(19)15(17)12(3)4/h5-8,11-12,15H,9-10,17H2,1-4H3,(H,18,19). The van der Waals surface area contributed by atoms with E-state index in [2.05, 4.69) is 43.4 Å². The van der Waals surface area contributed by atoms with E-state index < -0.39 is 6.04 Å². The lowest BCUT2D eigenvalue weighted by Gasteiger charge is -2.15. The lowest BCUT2D eigenvalue weighted by atomic mass is 10.0. The Morgan fingerprint density at radius 1 is 1.16 bits per heavy atom. The van der Waals surface area contributed by atoms with Gasteiger partial charge in [-0.05, 0) is 29.4 Å². The molecule has 0 aromatic heterocycles. The molecular weight excluding hydrogens is 236 g/mol. The highest BCUT2D eigenvalue weighted by Crippen LogP contribution is 2.14. The van der Waals surface area contributed by atoms with E-state index in [1.165, 1.54) is 11.1 Å². The molecule has 0 spiro atoms. The second-order valence-corrected chi connectivity index (χ2v) is 5.71. The summed E-state index contributed by atoms with van der Waals surface area (Å²) in [5.41, 5.74) is 8.36. The van der Waals surface area contributed by atoms with E-state index in [0.29, 0.717) is 12.5 Å². The van der Waals surface area contributed by atoms with Crippen molar-refractivity contribution in [2.45, 2.75) is 46.1 Å². The SMILES string of the molecule is CC(C)c1ccc(CCNC(=O)C(N)C(C)C)cc1. The van der Waals surface area contributed by atoms with Gasteiger partial charge in [-0.1, -0.05) is 52.0 Å². The number of nitrogens with two attached hydrogens (primary N) is 1. The van der Waals surface area contributed by atoms with E-state index in [0.717, 1.165) is 6.42 Å². The zero-order valence-electron chi connectivity index (χ0n) is 12.4. The van der Waals surface area contributed by atoms with E-state index in [1.807, 2.05) is 13.8 Å². The molecule has 3 N–H and O–H groups in total. The van der Waals surface area contributed by atoms with Crippen LogP contribution in [0.3, 0.4) is 0 Å². The van der Waals surface area contributed by atoms with Crippen molar-refractivity contribution >= 4 is 5.91 Å². The summed E-state index contributed by atoms with van der Waals surface area (Å²) in [6.45, 7) is 8.91. The molecule has 3 heteroatoms. The predicted molar refractivity (Wildman–Crippen MR) is 80.1 cm³/mol. The number of nitrogens with one attached hydrogen (secondary N) is 1. The third-order valence-electron chi connectivity index (χ3n) is 3.38. The van der Waals surface area contributed by atoms with Crippen LogP contribution in [0.5, 0.6) is 0 Å². The fraction of sp³-hybridized carbons (Fsp3) is 0.562. The summed E-state index contributed by atoms with van der Waals surface area (Å²) in [5, 5.41) is 2.89. The molecule has 1 aromatic carbocycles. The minimum absolute atomic E-state index is 0.0613. The van der Waals surface area contributed by atoms with Crippen LogP contribution in [-0.2, 0) is 11.2 Å². The smallest absolute Gasteiger partial charge is 0.237 e. The first kappa shape index (κ1) is 15.7. The molecule has 0 bridgehead atoms. The van der Waals surface area contributed by atoms with Crippen LogP contribution in [0, 0.1) is 5.92 Å². The Kier molecular flexibility index (Phi) is 6.03. The number of benzene rings is 1. The maximum Gasteiger partial charge on any atom is 0.237 e. The van der Waals surface area contributed by atoms with Crippen LogP contribution < -0.4 is 11.1 Å². The van der Waals surface area contributed by atoms with Gasteiger partial charge in [0.05, 0.1) is 6.04 Å². The van der Waals surface area contributed by atoms with Gasteiger partial charge in [-0.2, -0.15) is 0 Å². The summed E-state index contributed by atoms with van der Waals surface area (Å²) in [5.74, 6) is 0.664. The normalized spacial score (nSPS) is 12.8. The van der Waals surface area contributed by atoms with Gasteiger partial charge in [0.2, 0.25) is 5.91 Å². The molecule has 1 aromatic rings. The van der Waals surface area contributed by atoms with Gasteiger partial charge >= 0.3 is 0 Å². The molecule has 1 rings (SSSR count). The molecule has 0 aliphatic rings. The maximum absolute atomic E-state index is 11.7. The van der Waals surface area contributed by atoms with E-state index in [9.17, 15) is 4.79 Å². The van der Waals surface area contributed by atoms with Gasteiger partial charge in [0.15, 0.2) is 0 Å². The average Bonchev–Trinajstić information content (AvgIpc) is 2.38. The van der Waals surface area contributed by atoms with E-state index in [-0.39, 0.29) is 11.8 Å². The molecule has 0 fully saturated rings. The van der Waals surface area contributed by atoms with Gasteiger partial charge in [0, 0.05) is 6.54 Å². The highest BCUT2D eigenvalue weighted by molar-refractivity contribution is 5.81. The van der Waals surface area contributed by atoms with Crippen molar-refractivity contribution in [2.24, 2.45) is 11.7 Å². The highest BCUT2D eigenvalue weighted by Gasteiger charge is 2.16. The minimum atomic E-state index is -0.414. The van der Waals surface area contributed by atoms with Gasteiger partial charge in [0.1, 0.15) is 0 Å². The molecule has 0 radical (unpaired) electrons. The van der Waals surface area contributed by atoms with Crippen LogP contribution in [0.15, 0.2) is 24.3 Å². The maximum atomic E-state index is 11.7. The topological polar surface area (TPSA) is 55.1 Å². The Bertz CT molecular complexity index is 396. The van der Waals surface area contributed by atoms with Crippen LogP contribution in [0.25, 0.3) is 0 Å². The molecule has 1 atom stereocenters.